The highest BCUT2D eigenvalue weighted by Crippen LogP contribution is 2.34. The molecule has 4 heterocycles. The third-order valence-electron chi connectivity index (χ3n) is 8.01. The van der Waals surface area contributed by atoms with E-state index in [1.807, 2.05) is 19.0 Å². The summed E-state index contributed by atoms with van der Waals surface area (Å²) in [6.07, 6.45) is 3.95. The van der Waals surface area contributed by atoms with Crippen molar-refractivity contribution in [2.75, 3.05) is 47.4 Å². The van der Waals surface area contributed by atoms with Crippen molar-refractivity contribution < 1.29 is 18.7 Å². The molecule has 1 aromatic carbocycles. The number of ether oxygens (including phenoxy) is 2. The van der Waals surface area contributed by atoms with E-state index in [1.165, 1.54) is 58.4 Å². The van der Waals surface area contributed by atoms with Gasteiger partial charge in [0.25, 0.3) is 5.56 Å². The van der Waals surface area contributed by atoms with Gasteiger partial charge in [-0.15, -0.1) is 4.80 Å². The molecule has 1 saturated heterocycles. The van der Waals surface area contributed by atoms with Crippen molar-refractivity contribution in [3.8, 4) is 10.8 Å². The maximum Gasteiger partial charge on any atom is 0.333 e. The molecule has 3 aromatic heterocycles. The number of thiophene rings is 1. The first-order valence-electron chi connectivity index (χ1n) is 14.5. The van der Waals surface area contributed by atoms with Crippen LogP contribution in [0.5, 0.6) is 5.75 Å². The molecule has 44 heavy (non-hydrogen) atoms. The average Bonchev–Trinajstić information content (AvgIpc) is 3.76. The van der Waals surface area contributed by atoms with Crippen molar-refractivity contribution in [3.05, 3.63) is 68.4 Å². The van der Waals surface area contributed by atoms with Gasteiger partial charge in [0.15, 0.2) is 0 Å². The van der Waals surface area contributed by atoms with Gasteiger partial charge in [0.05, 0.1) is 38.0 Å². The Bertz CT molecular complexity index is 1770. The first kappa shape index (κ1) is 31.5. The predicted octanol–water partition coefficient (Wildman–Crippen LogP) is 2.94. The molecule has 1 aliphatic heterocycles. The Morgan fingerprint density at radius 3 is 2.48 bits per heavy atom. The molecule has 1 atom stereocenters. The van der Waals surface area contributed by atoms with Crippen LogP contribution in [0.3, 0.4) is 0 Å². The Hall–Kier alpha value is -3.88. The summed E-state index contributed by atoms with van der Waals surface area (Å²) in [6.45, 7) is 6.89. The molecular weight excluding hydrogens is 589 g/mol. The first-order valence-corrected chi connectivity index (χ1v) is 15.3. The van der Waals surface area contributed by atoms with E-state index < -0.39 is 28.7 Å². The lowest BCUT2D eigenvalue weighted by Gasteiger charge is -2.31. The molecule has 0 spiro atoms. The minimum atomic E-state index is -1.48. The molecule has 0 aliphatic carbocycles. The summed E-state index contributed by atoms with van der Waals surface area (Å²) in [5, 5.41) is 9.33. The van der Waals surface area contributed by atoms with Crippen LogP contribution in [0.2, 0.25) is 0 Å². The maximum atomic E-state index is 14.6. The molecule has 14 heteroatoms. The number of nitrogens with zero attached hydrogens (tertiary/aromatic N) is 7. The normalized spacial score (nSPS) is 14.6. The van der Waals surface area contributed by atoms with Gasteiger partial charge >= 0.3 is 5.69 Å². The fraction of sp³-hybridized carbons (Fsp3) is 0.500. The number of rotatable bonds is 11. The number of aryl methyl sites for hydroxylation is 1. The molecule has 12 nitrogen and oxygen atoms in total. The van der Waals surface area contributed by atoms with Crippen LogP contribution >= 0.6 is 11.3 Å². The zero-order valence-electron chi connectivity index (χ0n) is 25.9. The van der Waals surface area contributed by atoms with E-state index in [0.29, 0.717) is 46.3 Å². The molecule has 1 aliphatic rings. The lowest BCUT2D eigenvalue weighted by atomic mass is 10.0. The van der Waals surface area contributed by atoms with E-state index in [1.54, 1.807) is 25.7 Å². The fourth-order valence-electron chi connectivity index (χ4n) is 5.64. The van der Waals surface area contributed by atoms with Crippen LogP contribution in [0.1, 0.15) is 43.9 Å². The van der Waals surface area contributed by atoms with Crippen LogP contribution in [0.25, 0.3) is 15.2 Å². The first-order chi connectivity index (χ1) is 20.9. The minimum Gasteiger partial charge on any atom is -0.496 e. The van der Waals surface area contributed by atoms with Crippen molar-refractivity contribution in [2.24, 2.45) is 0 Å². The van der Waals surface area contributed by atoms with E-state index in [0.717, 1.165) is 17.4 Å². The number of carbonyl (C=O) groups excluding carboxylic acids is 1. The molecule has 1 fully saturated rings. The Morgan fingerprint density at radius 2 is 1.84 bits per heavy atom. The number of methoxy groups -OCH3 is 1. The second-order valence-corrected chi connectivity index (χ2v) is 12.6. The maximum absolute atomic E-state index is 14.6. The number of likely N-dealkylation sites (N-methyl/N-ethyl adjacent to an activating group) is 1. The van der Waals surface area contributed by atoms with Crippen LogP contribution in [-0.4, -0.2) is 87.3 Å². The van der Waals surface area contributed by atoms with E-state index in [-0.39, 0.29) is 24.4 Å². The lowest BCUT2D eigenvalue weighted by molar-refractivity contribution is -0.138. The number of fused-ring (bicyclic) bond motifs is 1. The van der Waals surface area contributed by atoms with E-state index in [2.05, 4.69) is 10.2 Å². The summed E-state index contributed by atoms with van der Waals surface area (Å²) in [5.41, 5.74) is -1.73. The Kier molecular flexibility index (Phi) is 9.05. The summed E-state index contributed by atoms with van der Waals surface area (Å²) in [7, 11) is 5.30. The zero-order chi connectivity index (χ0) is 31.8. The number of hydrogen-bond donors (Lipinski definition) is 0. The smallest absolute Gasteiger partial charge is 0.333 e. The van der Waals surface area contributed by atoms with Crippen LogP contribution in [0.4, 0.5) is 4.39 Å². The highest BCUT2D eigenvalue weighted by molar-refractivity contribution is 7.21. The lowest BCUT2D eigenvalue weighted by Crippen LogP contribution is -2.56. The van der Waals surface area contributed by atoms with Gasteiger partial charge in [-0.25, -0.2) is 13.8 Å². The van der Waals surface area contributed by atoms with Crippen molar-refractivity contribution in [1.29, 1.82) is 0 Å². The molecule has 0 bridgehead atoms. The van der Waals surface area contributed by atoms with Gasteiger partial charge in [0.2, 0.25) is 5.91 Å². The SMILES string of the molecule is COc1ccc(F)cc1[C@H](Cn1c(=O)n(C(C)(C)C(=O)N2CCCC2)c(=O)c2c(C)c(-n3nccn3)sc21)OCCN(C)C. The van der Waals surface area contributed by atoms with Crippen LogP contribution in [0.15, 0.2) is 40.2 Å². The number of carbonyl (C=O) groups is 1. The topological polar surface area (TPSA) is 117 Å². The summed E-state index contributed by atoms with van der Waals surface area (Å²) in [5.74, 6) is -0.388. The van der Waals surface area contributed by atoms with Crippen LogP contribution in [-0.2, 0) is 21.6 Å². The second-order valence-electron chi connectivity index (χ2n) is 11.7. The molecule has 0 unspecified atom stereocenters. The Balaban J connectivity index is 1.75. The average molecular weight is 628 g/mol. The third kappa shape index (κ3) is 5.81. The van der Waals surface area contributed by atoms with Crippen molar-refractivity contribution in [3.63, 3.8) is 0 Å². The standard InChI is InChI=1S/C30H38FN7O5S/c1-19-24-25(39)37(30(2,3)28(40)35-13-7-8-14-35)29(41)36(27(24)44-26(19)38-32-11-12-33-38)18-23(43-16-15-34(4)5)21-17-20(31)9-10-22(21)42-6/h9-12,17,23H,7-8,13-16,18H2,1-6H3/t23-/m0/s1. The molecule has 236 valence electrons. The fourth-order valence-corrected chi connectivity index (χ4v) is 6.86. The highest BCUT2D eigenvalue weighted by Gasteiger charge is 2.39. The third-order valence-corrected chi connectivity index (χ3v) is 9.29. The van der Waals surface area contributed by atoms with Gasteiger partial charge in [0.1, 0.15) is 33.0 Å². The van der Waals surface area contributed by atoms with Gasteiger partial charge in [0, 0.05) is 30.8 Å². The molecule has 0 saturated carbocycles. The Labute approximate surface area is 258 Å². The zero-order valence-corrected chi connectivity index (χ0v) is 26.7. The van der Waals surface area contributed by atoms with Crippen molar-refractivity contribution in [2.45, 2.75) is 51.8 Å². The number of likely N-dealkylation sites (tertiary alicyclic amines) is 1. The number of aromatic nitrogens is 5. The van der Waals surface area contributed by atoms with Gasteiger partial charge in [-0.1, -0.05) is 11.3 Å². The summed E-state index contributed by atoms with van der Waals surface area (Å²) in [4.78, 5) is 48.0. The largest absolute Gasteiger partial charge is 0.496 e. The molecular formula is C30H38FN7O5S. The van der Waals surface area contributed by atoms with E-state index >= 15 is 0 Å². The number of amides is 1. The Morgan fingerprint density at radius 1 is 1.16 bits per heavy atom. The summed E-state index contributed by atoms with van der Waals surface area (Å²) in [6, 6.07) is 4.14. The minimum absolute atomic E-state index is 0.0806. The van der Waals surface area contributed by atoms with E-state index in [4.69, 9.17) is 9.47 Å². The van der Waals surface area contributed by atoms with E-state index in [9.17, 15) is 18.8 Å². The van der Waals surface area contributed by atoms with Crippen LogP contribution < -0.4 is 16.0 Å². The monoisotopic (exact) mass is 627 g/mol. The van der Waals surface area contributed by atoms with Crippen molar-refractivity contribution in [1.82, 2.24) is 33.9 Å². The molecule has 0 N–H and O–H groups in total. The quantitative estimate of drug-likeness (QED) is 0.249. The number of hydrogen-bond acceptors (Lipinski definition) is 9. The van der Waals surface area contributed by atoms with Gasteiger partial charge in [-0.05, 0) is 65.9 Å². The molecule has 0 radical (unpaired) electrons. The van der Waals surface area contributed by atoms with Gasteiger partial charge in [-0.3, -0.25) is 14.2 Å². The van der Waals surface area contributed by atoms with Crippen molar-refractivity contribution >= 4 is 27.5 Å². The predicted molar refractivity (Wildman–Crippen MR) is 165 cm³/mol. The highest BCUT2D eigenvalue weighted by atomic mass is 32.1. The van der Waals surface area contributed by atoms with Crippen LogP contribution in [0, 0.1) is 12.7 Å². The number of benzene rings is 1. The molecule has 1 amide bonds. The summed E-state index contributed by atoms with van der Waals surface area (Å²) >= 11 is 1.19. The summed E-state index contributed by atoms with van der Waals surface area (Å²) < 4.78 is 29.0. The second kappa shape index (κ2) is 12.6. The van der Waals surface area contributed by atoms with Gasteiger partial charge < -0.3 is 19.3 Å². The molecule has 4 aromatic rings. The van der Waals surface area contributed by atoms with Gasteiger partial charge in [-0.2, -0.15) is 10.2 Å². The number of halogens is 1. The molecule has 5 rings (SSSR count).